The Bertz CT molecular complexity index is 890. The fourth-order valence-electron chi connectivity index (χ4n) is 4.00. The second kappa shape index (κ2) is 10.1. The van der Waals surface area contributed by atoms with Crippen LogP contribution in [0.1, 0.15) is 37.0 Å². The van der Waals surface area contributed by atoms with E-state index in [4.69, 9.17) is 4.74 Å². The molecule has 0 saturated carbocycles. The highest BCUT2D eigenvalue weighted by Crippen LogP contribution is 2.39. The monoisotopic (exact) mass is 415 g/mol. The summed E-state index contributed by atoms with van der Waals surface area (Å²) in [6.07, 6.45) is 0.731. The van der Waals surface area contributed by atoms with E-state index in [1.165, 1.54) is 7.11 Å². The van der Waals surface area contributed by atoms with Crippen LogP contribution in [-0.4, -0.2) is 25.0 Å². The second-order valence-electron chi connectivity index (χ2n) is 7.71. The van der Waals surface area contributed by atoms with E-state index in [1.54, 1.807) is 0 Å². The zero-order valence-electron chi connectivity index (χ0n) is 18.2. The minimum absolute atomic E-state index is 0.0728. The molecule has 0 fully saturated rings. The van der Waals surface area contributed by atoms with Gasteiger partial charge >= 0.3 is 5.97 Å². The van der Waals surface area contributed by atoms with Crippen molar-refractivity contribution in [3.8, 4) is 0 Å². The predicted molar refractivity (Wildman–Crippen MR) is 123 cm³/mol. The van der Waals surface area contributed by atoms with Gasteiger partial charge in [-0.1, -0.05) is 111 Å². The quantitative estimate of drug-likeness (QED) is 0.428. The summed E-state index contributed by atoms with van der Waals surface area (Å²) in [5, 5.41) is 3.04. The number of carbonyl (C=O) groups excluding carboxylic acids is 2. The molecular weight excluding hydrogens is 386 g/mol. The number of carbonyl (C=O) groups is 2. The number of hydrogen-bond donors (Lipinski definition) is 1. The number of amides is 1. The third kappa shape index (κ3) is 4.38. The van der Waals surface area contributed by atoms with Gasteiger partial charge in [-0.15, -0.1) is 0 Å². The Balaban J connectivity index is 2.25. The zero-order valence-corrected chi connectivity index (χ0v) is 18.2. The molecule has 4 nitrogen and oxygen atoms in total. The molecule has 4 heteroatoms. The molecule has 1 N–H and O–H groups in total. The number of hydrogen-bond acceptors (Lipinski definition) is 3. The van der Waals surface area contributed by atoms with Crippen LogP contribution in [0.2, 0.25) is 0 Å². The van der Waals surface area contributed by atoms with Crippen LogP contribution in [0.4, 0.5) is 0 Å². The molecule has 0 spiro atoms. The lowest BCUT2D eigenvalue weighted by Gasteiger charge is -2.36. The number of nitrogens with one attached hydrogen (secondary N) is 1. The maximum absolute atomic E-state index is 14.2. The Morgan fingerprint density at radius 2 is 1.19 bits per heavy atom. The first-order chi connectivity index (χ1) is 15.1. The fourth-order valence-corrected chi connectivity index (χ4v) is 4.00. The molecule has 0 aliphatic heterocycles. The van der Waals surface area contributed by atoms with Crippen LogP contribution in [0, 0.1) is 5.92 Å². The molecule has 0 aliphatic carbocycles. The molecule has 3 aromatic carbocycles. The summed E-state index contributed by atoms with van der Waals surface area (Å²) in [7, 11) is 1.35. The summed E-state index contributed by atoms with van der Waals surface area (Å²) >= 11 is 0. The van der Waals surface area contributed by atoms with E-state index in [9.17, 15) is 9.59 Å². The van der Waals surface area contributed by atoms with Crippen LogP contribution in [-0.2, 0) is 19.7 Å². The molecule has 31 heavy (non-hydrogen) atoms. The lowest BCUT2D eigenvalue weighted by Crippen LogP contribution is -2.54. The predicted octanol–water partition coefficient (Wildman–Crippen LogP) is 4.72. The summed E-state index contributed by atoms with van der Waals surface area (Å²) in [6, 6.07) is 28.3. The van der Waals surface area contributed by atoms with Gasteiger partial charge in [0.05, 0.1) is 7.11 Å². The van der Waals surface area contributed by atoms with E-state index < -0.39 is 17.4 Å². The SMILES string of the molecule is CC[C@@H](C)[C@H](NC(=O)C(c1ccccc1)(c1ccccc1)c1ccccc1)C(=O)OC. The van der Waals surface area contributed by atoms with Gasteiger partial charge in [-0.2, -0.15) is 0 Å². The van der Waals surface area contributed by atoms with Crippen molar-refractivity contribution >= 4 is 11.9 Å². The molecule has 0 radical (unpaired) electrons. The molecule has 3 rings (SSSR count). The van der Waals surface area contributed by atoms with Gasteiger partial charge in [0, 0.05) is 0 Å². The summed E-state index contributed by atoms with van der Waals surface area (Å²) in [6.45, 7) is 3.93. The van der Waals surface area contributed by atoms with E-state index in [2.05, 4.69) is 5.32 Å². The average Bonchev–Trinajstić information content (AvgIpc) is 2.84. The summed E-state index contributed by atoms with van der Waals surface area (Å²) in [5.74, 6) is -0.769. The van der Waals surface area contributed by atoms with Gasteiger partial charge in [0.15, 0.2) is 0 Å². The Hall–Kier alpha value is -3.40. The van der Waals surface area contributed by atoms with Crippen LogP contribution in [0.5, 0.6) is 0 Å². The lowest BCUT2D eigenvalue weighted by molar-refractivity contribution is -0.147. The second-order valence-corrected chi connectivity index (χ2v) is 7.71. The minimum atomic E-state index is -1.12. The third-order valence-electron chi connectivity index (χ3n) is 5.92. The van der Waals surface area contributed by atoms with Gasteiger partial charge in [0.2, 0.25) is 5.91 Å². The summed E-state index contributed by atoms with van der Waals surface area (Å²) < 4.78 is 5.01. The first-order valence-electron chi connectivity index (χ1n) is 10.6. The first kappa shape index (κ1) is 22.3. The molecule has 0 bridgehead atoms. The van der Waals surface area contributed by atoms with Gasteiger partial charge in [-0.05, 0) is 22.6 Å². The molecular formula is C27H29NO3. The van der Waals surface area contributed by atoms with Crippen LogP contribution in [0.3, 0.4) is 0 Å². The van der Waals surface area contributed by atoms with Crippen molar-refractivity contribution in [3.05, 3.63) is 108 Å². The van der Waals surface area contributed by atoms with E-state index in [-0.39, 0.29) is 11.8 Å². The van der Waals surface area contributed by atoms with E-state index in [0.717, 1.165) is 23.1 Å². The first-order valence-corrected chi connectivity index (χ1v) is 10.6. The highest BCUT2D eigenvalue weighted by atomic mass is 16.5. The third-order valence-corrected chi connectivity index (χ3v) is 5.92. The standard InChI is InChI=1S/C27H29NO3/c1-4-20(2)24(25(29)31-3)28-26(30)27(21-14-8-5-9-15-21,22-16-10-6-11-17-22)23-18-12-7-13-19-23/h5-20,24H,4H2,1-3H3,(H,28,30)/t20-,24+/m1/s1. The van der Waals surface area contributed by atoms with Crippen molar-refractivity contribution in [2.75, 3.05) is 7.11 Å². The van der Waals surface area contributed by atoms with Crippen LogP contribution >= 0.6 is 0 Å². The molecule has 0 aromatic heterocycles. The van der Waals surface area contributed by atoms with Crippen molar-refractivity contribution in [1.29, 1.82) is 0 Å². The Morgan fingerprint density at radius 3 is 1.52 bits per heavy atom. The van der Waals surface area contributed by atoms with Crippen molar-refractivity contribution in [3.63, 3.8) is 0 Å². The molecule has 0 aliphatic rings. The van der Waals surface area contributed by atoms with Gasteiger partial charge in [0.1, 0.15) is 11.5 Å². The molecule has 0 unspecified atom stereocenters. The largest absolute Gasteiger partial charge is 0.467 e. The zero-order chi connectivity index (χ0) is 22.3. The minimum Gasteiger partial charge on any atom is -0.467 e. The van der Waals surface area contributed by atoms with E-state index in [0.29, 0.717) is 0 Å². The van der Waals surface area contributed by atoms with E-state index >= 15 is 0 Å². The van der Waals surface area contributed by atoms with Crippen LogP contribution in [0.15, 0.2) is 91.0 Å². The van der Waals surface area contributed by atoms with Crippen LogP contribution in [0.25, 0.3) is 0 Å². The number of rotatable bonds is 8. The Morgan fingerprint density at radius 1 is 0.806 bits per heavy atom. The summed E-state index contributed by atoms with van der Waals surface area (Å²) in [4.78, 5) is 26.7. The van der Waals surface area contributed by atoms with Crippen LogP contribution < -0.4 is 5.32 Å². The van der Waals surface area contributed by atoms with Gasteiger partial charge in [0.25, 0.3) is 0 Å². The average molecular weight is 416 g/mol. The lowest BCUT2D eigenvalue weighted by atomic mass is 9.68. The topological polar surface area (TPSA) is 55.4 Å². The van der Waals surface area contributed by atoms with Crippen molar-refractivity contribution in [1.82, 2.24) is 5.32 Å². The van der Waals surface area contributed by atoms with Crippen molar-refractivity contribution in [2.24, 2.45) is 5.92 Å². The maximum atomic E-state index is 14.2. The van der Waals surface area contributed by atoms with Gasteiger partial charge < -0.3 is 10.1 Å². The van der Waals surface area contributed by atoms with Gasteiger partial charge in [-0.25, -0.2) is 4.79 Å². The molecule has 0 heterocycles. The van der Waals surface area contributed by atoms with E-state index in [1.807, 2.05) is 105 Å². The Labute approximate surface area is 184 Å². The van der Waals surface area contributed by atoms with Gasteiger partial charge in [-0.3, -0.25) is 4.79 Å². The highest BCUT2D eigenvalue weighted by Gasteiger charge is 2.45. The Kier molecular flexibility index (Phi) is 7.24. The number of esters is 1. The molecule has 2 atom stereocenters. The van der Waals surface area contributed by atoms with Crippen molar-refractivity contribution in [2.45, 2.75) is 31.7 Å². The normalized spacial score (nSPS) is 13.1. The number of methoxy groups -OCH3 is 1. The number of ether oxygens (including phenoxy) is 1. The molecule has 160 valence electrons. The van der Waals surface area contributed by atoms with Crippen molar-refractivity contribution < 1.29 is 14.3 Å². The molecule has 1 amide bonds. The summed E-state index contributed by atoms with van der Waals surface area (Å²) in [5.41, 5.74) is 1.37. The maximum Gasteiger partial charge on any atom is 0.328 e. The molecule has 3 aromatic rings. The fraction of sp³-hybridized carbons (Fsp3) is 0.259. The molecule has 0 saturated heterocycles. The highest BCUT2D eigenvalue weighted by molar-refractivity contribution is 5.98. The number of benzene rings is 3. The smallest absolute Gasteiger partial charge is 0.328 e.